The van der Waals surface area contributed by atoms with Crippen molar-refractivity contribution in [3.8, 4) is 0 Å². The van der Waals surface area contributed by atoms with Crippen molar-refractivity contribution in [1.82, 2.24) is 4.57 Å². The largest absolute Gasteiger partial charge is 0.454 e. The van der Waals surface area contributed by atoms with Crippen LogP contribution in [0, 0.1) is 13.8 Å². The third-order valence-electron chi connectivity index (χ3n) is 5.65. The second-order valence-electron chi connectivity index (χ2n) is 7.88. The number of aryl methyl sites for hydroxylation is 1. The van der Waals surface area contributed by atoms with Gasteiger partial charge in [-0.15, -0.1) is 4.40 Å². The van der Waals surface area contributed by atoms with Gasteiger partial charge in [0.25, 0.3) is 10.0 Å². The molecule has 0 spiro atoms. The standard InChI is InChI=1S/C22H25N3O6S2/c1-14-11-17(15(2)24(14)7-4-9-30-3)19(26)13-31-21(27)16-5-6-18-20(12-16)32-22-23-33(28,29)10-8-25(18)22/h5-6,11-12H,4,7-10,13H2,1-3H3. The van der Waals surface area contributed by atoms with E-state index in [9.17, 15) is 18.0 Å². The molecule has 0 amide bonds. The van der Waals surface area contributed by atoms with Gasteiger partial charge in [-0.2, -0.15) is 0 Å². The number of nitrogens with zero attached hydrogens (tertiary/aromatic N) is 3. The molecule has 0 saturated heterocycles. The van der Waals surface area contributed by atoms with Crippen molar-refractivity contribution in [2.75, 3.05) is 37.5 Å². The fourth-order valence-corrected chi connectivity index (χ4v) is 6.24. The number of rotatable bonds is 8. The van der Waals surface area contributed by atoms with Gasteiger partial charge in [-0.05, 0) is 56.3 Å². The molecule has 0 saturated carbocycles. The Morgan fingerprint density at radius 3 is 2.76 bits per heavy atom. The molecule has 176 valence electrons. The SMILES string of the molecule is COCCCn1c(C)cc(C(=O)COC(=O)c2ccc3c(c2)SC2=NS(=O)(=O)CCN23)c1C. The lowest BCUT2D eigenvalue weighted by atomic mass is 10.1. The van der Waals surface area contributed by atoms with E-state index in [1.54, 1.807) is 25.3 Å². The van der Waals surface area contributed by atoms with E-state index >= 15 is 0 Å². The number of ketones is 1. The number of carbonyl (C=O) groups is 2. The topological polar surface area (TPSA) is 107 Å². The van der Waals surface area contributed by atoms with Crippen LogP contribution in [0.5, 0.6) is 0 Å². The molecule has 0 fully saturated rings. The fraction of sp³-hybridized carbons (Fsp3) is 0.409. The minimum absolute atomic E-state index is 0.0462. The molecule has 2 aromatic rings. The van der Waals surface area contributed by atoms with Crippen LogP contribution in [0.4, 0.5) is 5.69 Å². The Balaban J connectivity index is 1.42. The summed E-state index contributed by atoms with van der Waals surface area (Å²) >= 11 is 1.20. The number of aromatic nitrogens is 1. The first-order valence-corrected chi connectivity index (χ1v) is 12.9. The van der Waals surface area contributed by atoms with Crippen LogP contribution in [-0.4, -0.2) is 62.5 Å². The van der Waals surface area contributed by atoms with Gasteiger partial charge >= 0.3 is 5.97 Å². The number of sulfonamides is 1. The second-order valence-corrected chi connectivity index (χ2v) is 10.6. The Bertz CT molecular complexity index is 1250. The molecule has 0 atom stereocenters. The van der Waals surface area contributed by atoms with Gasteiger partial charge in [0.15, 0.2) is 11.8 Å². The number of hydrogen-bond acceptors (Lipinski definition) is 8. The van der Waals surface area contributed by atoms with Gasteiger partial charge in [0.2, 0.25) is 5.78 Å². The third kappa shape index (κ3) is 4.85. The van der Waals surface area contributed by atoms with Gasteiger partial charge in [-0.3, -0.25) is 4.79 Å². The lowest BCUT2D eigenvalue weighted by molar-refractivity contribution is 0.0474. The highest BCUT2D eigenvalue weighted by molar-refractivity contribution is 8.15. The highest BCUT2D eigenvalue weighted by Crippen LogP contribution is 2.42. The molecule has 1 aromatic heterocycles. The van der Waals surface area contributed by atoms with Crippen molar-refractivity contribution >= 4 is 44.4 Å². The summed E-state index contributed by atoms with van der Waals surface area (Å²) in [5.74, 6) is -0.920. The highest BCUT2D eigenvalue weighted by Gasteiger charge is 2.33. The number of ether oxygens (including phenoxy) is 2. The van der Waals surface area contributed by atoms with Gasteiger partial charge in [0.1, 0.15) is 0 Å². The molecular formula is C22H25N3O6S2. The first-order valence-electron chi connectivity index (χ1n) is 10.5. The number of thioether (sulfide) groups is 1. The van der Waals surface area contributed by atoms with Crippen LogP contribution in [0.3, 0.4) is 0 Å². The Morgan fingerprint density at radius 1 is 1.21 bits per heavy atom. The van der Waals surface area contributed by atoms with E-state index in [0.29, 0.717) is 29.4 Å². The summed E-state index contributed by atoms with van der Waals surface area (Å²) in [6.45, 7) is 5.16. The van der Waals surface area contributed by atoms with Crippen molar-refractivity contribution in [1.29, 1.82) is 0 Å². The summed E-state index contributed by atoms with van der Waals surface area (Å²) in [5, 5.41) is 0.387. The zero-order valence-electron chi connectivity index (χ0n) is 18.7. The van der Waals surface area contributed by atoms with Crippen LogP contribution in [0.2, 0.25) is 0 Å². The monoisotopic (exact) mass is 491 g/mol. The average Bonchev–Trinajstić information content (AvgIpc) is 3.26. The summed E-state index contributed by atoms with van der Waals surface area (Å²) in [4.78, 5) is 27.9. The second kappa shape index (κ2) is 9.32. The maximum Gasteiger partial charge on any atom is 0.338 e. The molecule has 33 heavy (non-hydrogen) atoms. The van der Waals surface area contributed by atoms with E-state index in [-0.39, 0.29) is 18.1 Å². The van der Waals surface area contributed by atoms with Crippen molar-refractivity contribution < 1.29 is 27.5 Å². The van der Waals surface area contributed by atoms with Crippen LogP contribution < -0.4 is 4.90 Å². The highest BCUT2D eigenvalue weighted by atomic mass is 32.2. The minimum atomic E-state index is -3.45. The van der Waals surface area contributed by atoms with Crippen LogP contribution >= 0.6 is 11.8 Å². The lowest BCUT2D eigenvalue weighted by Crippen LogP contribution is -2.35. The van der Waals surface area contributed by atoms with E-state index in [1.165, 1.54) is 11.8 Å². The number of Topliss-reactive ketones (excluding diaryl/α,β-unsaturated/α-hetero) is 1. The smallest absolute Gasteiger partial charge is 0.338 e. The molecule has 11 heteroatoms. The van der Waals surface area contributed by atoms with Crippen molar-refractivity contribution in [3.63, 3.8) is 0 Å². The van der Waals surface area contributed by atoms with Crippen molar-refractivity contribution in [3.05, 3.63) is 46.8 Å². The molecule has 3 heterocycles. The van der Waals surface area contributed by atoms with Gasteiger partial charge in [-0.1, -0.05) is 0 Å². The quantitative estimate of drug-likeness (QED) is 0.315. The summed E-state index contributed by atoms with van der Waals surface area (Å²) in [6, 6.07) is 6.81. The summed E-state index contributed by atoms with van der Waals surface area (Å²) in [5.41, 5.74) is 3.45. The summed E-state index contributed by atoms with van der Waals surface area (Å²) in [6.07, 6.45) is 0.835. The average molecular weight is 492 g/mol. The van der Waals surface area contributed by atoms with E-state index in [4.69, 9.17) is 9.47 Å². The molecule has 0 N–H and O–H groups in total. The number of carbonyl (C=O) groups excluding carboxylic acids is 2. The number of anilines is 1. The van der Waals surface area contributed by atoms with E-state index < -0.39 is 16.0 Å². The summed E-state index contributed by atoms with van der Waals surface area (Å²) < 4.78 is 39.8. The van der Waals surface area contributed by atoms with Crippen molar-refractivity contribution in [2.45, 2.75) is 31.7 Å². The van der Waals surface area contributed by atoms with Gasteiger partial charge in [0.05, 0.1) is 17.0 Å². The van der Waals surface area contributed by atoms with Gasteiger partial charge in [-0.25, -0.2) is 13.2 Å². The van der Waals surface area contributed by atoms with Crippen LogP contribution in [0.1, 0.15) is 38.5 Å². The molecule has 1 aromatic carbocycles. The molecule has 0 unspecified atom stereocenters. The van der Waals surface area contributed by atoms with Crippen molar-refractivity contribution in [2.24, 2.45) is 4.40 Å². The molecule has 0 aliphatic carbocycles. The summed E-state index contributed by atoms with van der Waals surface area (Å²) in [7, 11) is -1.79. The Morgan fingerprint density at radius 2 is 2.00 bits per heavy atom. The van der Waals surface area contributed by atoms with E-state index in [2.05, 4.69) is 8.96 Å². The normalized spacial score (nSPS) is 16.2. The molecule has 0 bridgehead atoms. The Hall–Kier alpha value is -2.63. The number of amidine groups is 1. The van der Waals surface area contributed by atoms with E-state index in [1.807, 2.05) is 24.8 Å². The minimum Gasteiger partial charge on any atom is -0.454 e. The predicted octanol–water partition coefficient (Wildman–Crippen LogP) is 2.79. The molecule has 2 aliphatic rings. The number of benzene rings is 1. The Kier molecular flexibility index (Phi) is 6.64. The molecule has 4 rings (SSSR count). The van der Waals surface area contributed by atoms with Crippen LogP contribution in [0.15, 0.2) is 33.6 Å². The number of methoxy groups -OCH3 is 1. The first-order chi connectivity index (χ1) is 15.7. The zero-order chi connectivity index (χ0) is 23.8. The molecule has 0 radical (unpaired) electrons. The zero-order valence-corrected chi connectivity index (χ0v) is 20.3. The van der Waals surface area contributed by atoms with Crippen LogP contribution in [0.25, 0.3) is 0 Å². The maximum atomic E-state index is 12.7. The molecule has 9 nitrogen and oxygen atoms in total. The first kappa shape index (κ1) is 23.5. The maximum absolute atomic E-state index is 12.7. The number of hydrogen-bond donors (Lipinski definition) is 0. The third-order valence-corrected chi connectivity index (χ3v) is 7.95. The van der Waals surface area contributed by atoms with Crippen LogP contribution in [-0.2, 0) is 26.0 Å². The molecular weight excluding hydrogens is 466 g/mol. The molecule has 2 aliphatic heterocycles. The van der Waals surface area contributed by atoms with E-state index in [0.717, 1.165) is 34.9 Å². The van der Waals surface area contributed by atoms with Gasteiger partial charge < -0.3 is 18.9 Å². The number of fused-ring (bicyclic) bond motifs is 3. The lowest BCUT2D eigenvalue weighted by Gasteiger charge is -2.22. The fourth-order valence-electron chi connectivity index (χ4n) is 3.94. The van der Waals surface area contributed by atoms with Gasteiger partial charge in [0, 0.05) is 48.7 Å². The Labute approximate surface area is 196 Å². The number of esters is 1. The predicted molar refractivity (Wildman–Crippen MR) is 126 cm³/mol.